The van der Waals surface area contributed by atoms with Crippen molar-refractivity contribution in [3.05, 3.63) is 12.2 Å². The minimum Gasteiger partial charge on any atom is -0.365 e. The van der Waals surface area contributed by atoms with Gasteiger partial charge in [0.05, 0.1) is 24.0 Å². The smallest absolute Gasteiger partial charge is 0.236 e. The van der Waals surface area contributed by atoms with Crippen LogP contribution in [0.3, 0.4) is 0 Å². The minimum atomic E-state index is -0.249. The quantitative estimate of drug-likeness (QED) is 0.506. The fourth-order valence-corrected chi connectivity index (χ4v) is 2.91. The Morgan fingerprint density at radius 3 is 2.12 bits per heavy atom. The predicted octanol–water partition coefficient (Wildman–Crippen LogP) is 0.581. The van der Waals surface area contributed by atoms with E-state index in [9.17, 15) is 9.59 Å². The second-order valence-corrected chi connectivity index (χ2v) is 5.18. The first-order valence-electron chi connectivity index (χ1n) is 5.78. The monoisotopic (exact) mass is 221 g/mol. The standard InChI is InChI=1S/C12H15NO3/c1-6(2)5-13-11(14)9-7-3-4-8(16-7)10(9)12(13)15/h3-4,6-10H,5H2,1-2H3. The maximum atomic E-state index is 12.1. The lowest BCUT2D eigenvalue weighted by Crippen LogP contribution is -2.37. The van der Waals surface area contributed by atoms with Crippen LogP contribution in [0.4, 0.5) is 0 Å². The first kappa shape index (κ1) is 10.0. The summed E-state index contributed by atoms with van der Waals surface area (Å²) < 4.78 is 5.55. The van der Waals surface area contributed by atoms with E-state index in [0.717, 1.165) is 0 Å². The van der Waals surface area contributed by atoms with Gasteiger partial charge in [-0.3, -0.25) is 14.5 Å². The summed E-state index contributed by atoms with van der Waals surface area (Å²) in [6.45, 7) is 4.56. The van der Waals surface area contributed by atoms with Crippen LogP contribution in [0.25, 0.3) is 0 Å². The largest absolute Gasteiger partial charge is 0.365 e. The number of rotatable bonds is 2. The number of likely N-dealkylation sites (tertiary alicyclic amines) is 1. The van der Waals surface area contributed by atoms with Crippen LogP contribution in [0.2, 0.25) is 0 Å². The first-order valence-corrected chi connectivity index (χ1v) is 5.78. The molecule has 2 bridgehead atoms. The molecule has 0 aliphatic carbocycles. The van der Waals surface area contributed by atoms with Crippen molar-refractivity contribution in [3.63, 3.8) is 0 Å². The van der Waals surface area contributed by atoms with E-state index in [1.807, 2.05) is 26.0 Å². The van der Waals surface area contributed by atoms with E-state index in [1.54, 1.807) is 0 Å². The molecule has 2 fully saturated rings. The molecule has 0 aromatic carbocycles. The second-order valence-electron chi connectivity index (χ2n) is 5.18. The SMILES string of the molecule is CC(C)CN1C(=O)C2C3C=CC(O3)C2C1=O. The van der Waals surface area contributed by atoms with Crippen LogP contribution in [0.1, 0.15) is 13.8 Å². The van der Waals surface area contributed by atoms with Crippen LogP contribution in [-0.4, -0.2) is 35.5 Å². The first-order chi connectivity index (χ1) is 7.59. The van der Waals surface area contributed by atoms with Crippen LogP contribution in [-0.2, 0) is 14.3 Å². The number of carbonyl (C=O) groups excluding carboxylic acids is 2. The van der Waals surface area contributed by atoms with Gasteiger partial charge in [-0.2, -0.15) is 0 Å². The van der Waals surface area contributed by atoms with E-state index in [-0.39, 0.29) is 35.9 Å². The maximum Gasteiger partial charge on any atom is 0.236 e. The molecule has 4 heteroatoms. The highest BCUT2D eigenvalue weighted by atomic mass is 16.5. The molecule has 16 heavy (non-hydrogen) atoms. The van der Waals surface area contributed by atoms with Gasteiger partial charge < -0.3 is 4.74 Å². The molecule has 0 aromatic heterocycles. The Morgan fingerprint density at radius 2 is 1.69 bits per heavy atom. The van der Waals surface area contributed by atoms with Crippen LogP contribution >= 0.6 is 0 Å². The Bertz CT molecular complexity index is 358. The van der Waals surface area contributed by atoms with Crippen molar-refractivity contribution >= 4 is 11.8 Å². The topological polar surface area (TPSA) is 46.6 Å². The molecule has 2 amide bonds. The molecule has 3 heterocycles. The molecule has 86 valence electrons. The number of imide groups is 1. The van der Waals surface area contributed by atoms with Gasteiger partial charge >= 0.3 is 0 Å². The van der Waals surface area contributed by atoms with Gasteiger partial charge in [0.25, 0.3) is 0 Å². The molecular formula is C12H15NO3. The zero-order valence-corrected chi connectivity index (χ0v) is 9.42. The van der Waals surface area contributed by atoms with Crippen molar-refractivity contribution in [1.82, 2.24) is 4.90 Å². The second kappa shape index (κ2) is 3.17. The molecule has 0 aromatic rings. The van der Waals surface area contributed by atoms with Crippen LogP contribution < -0.4 is 0 Å². The molecule has 0 radical (unpaired) electrons. The third kappa shape index (κ3) is 1.13. The molecule has 4 atom stereocenters. The third-order valence-corrected chi connectivity index (χ3v) is 3.55. The Kier molecular flexibility index (Phi) is 1.98. The number of ether oxygens (including phenoxy) is 1. The highest BCUT2D eigenvalue weighted by Crippen LogP contribution is 2.45. The molecule has 3 aliphatic heterocycles. The highest BCUT2D eigenvalue weighted by Gasteiger charge is 2.60. The molecule has 0 N–H and O–H groups in total. The number of carbonyl (C=O) groups is 2. The molecular weight excluding hydrogens is 206 g/mol. The van der Waals surface area contributed by atoms with E-state index in [2.05, 4.69) is 0 Å². The van der Waals surface area contributed by atoms with Crippen LogP contribution in [0.15, 0.2) is 12.2 Å². The third-order valence-electron chi connectivity index (χ3n) is 3.55. The van der Waals surface area contributed by atoms with Gasteiger partial charge in [-0.25, -0.2) is 0 Å². The number of nitrogens with zero attached hydrogens (tertiary/aromatic N) is 1. The average molecular weight is 221 g/mol. The van der Waals surface area contributed by atoms with Gasteiger partial charge in [0.1, 0.15) is 0 Å². The van der Waals surface area contributed by atoms with E-state index in [4.69, 9.17) is 4.74 Å². The molecule has 0 spiro atoms. The lowest BCUT2D eigenvalue weighted by molar-refractivity contribution is -0.142. The normalized spacial score (nSPS) is 40.3. The summed E-state index contributed by atoms with van der Waals surface area (Å²) in [6, 6.07) is 0. The molecule has 3 rings (SSSR count). The average Bonchev–Trinajstić information content (AvgIpc) is 2.87. The van der Waals surface area contributed by atoms with Crippen LogP contribution in [0.5, 0.6) is 0 Å². The summed E-state index contributed by atoms with van der Waals surface area (Å²) in [6.07, 6.45) is 3.50. The zero-order valence-electron chi connectivity index (χ0n) is 9.42. The predicted molar refractivity (Wildman–Crippen MR) is 56.3 cm³/mol. The van der Waals surface area contributed by atoms with Gasteiger partial charge in [-0.05, 0) is 5.92 Å². The Morgan fingerprint density at radius 1 is 1.19 bits per heavy atom. The minimum absolute atomic E-state index is 0.0412. The van der Waals surface area contributed by atoms with Crippen molar-refractivity contribution in [3.8, 4) is 0 Å². The van der Waals surface area contributed by atoms with Crippen molar-refractivity contribution < 1.29 is 14.3 Å². The van der Waals surface area contributed by atoms with Gasteiger partial charge in [0, 0.05) is 6.54 Å². The van der Waals surface area contributed by atoms with Gasteiger partial charge in [-0.1, -0.05) is 26.0 Å². The summed E-state index contributed by atoms with van der Waals surface area (Å²) >= 11 is 0. The van der Waals surface area contributed by atoms with Crippen molar-refractivity contribution in [2.24, 2.45) is 17.8 Å². The number of fused-ring (bicyclic) bond motifs is 5. The van der Waals surface area contributed by atoms with Crippen LogP contribution in [0, 0.1) is 17.8 Å². The van der Waals surface area contributed by atoms with Crippen molar-refractivity contribution in [2.45, 2.75) is 26.1 Å². The maximum absolute atomic E-state index is 12.1. The number of amides is 2. The molecule has 0 saturated carbocycles. The highest BCUT2D eigenvalue weighted by molar-refractivity contribution is 6.06. The van der Waals surface area contributed by atoms with Crippen molar-refractivity contribution in [1.29, 1.82) is 0 Å². The Labute approximate surface area is 94.2 Å². The summed E-state index contributed by atoms with van der Waals surface area (Å²) in [5, 5.41) is 0. The van der Waals surface area contributed by atoms with Gasteiger partial charge in [-0.15, -0.1) is 0 Å². The lowest BCUT2D eigenvalue weighted by Gasteiger charge is -2.19. The fourth-order valence-electron chi connectivity index (χ4n) is 2.91. The van der Waals surface area contributed by atoms with Gasteiger partial charge in [0.15, 0.2) is 0 Å². The zero-order chi connectivity index (χ0) is 11.4. The fraction of sp³-hybridized carbons (Fsp3) is 0.667. The molecule has 3 aliphatic rings. The van der Waals surface area contributed by atoms with Gasteiger partial charge in [0.2, 0.25) is 11.8 Å². The summed E-state index contributed by atoms with van der Waals surface area (Å²) in [5.41, 5.74) is 0. The van der Waals surface area contributed by atoms with E-state index in [1.165, 1.54) is 4.90 Å². The van der Waals surface area contributed by atoms with E-state index < -0.39 is 0 Å². The number of hydrogen-bond donors (Lipinski definition) is 0. The lowest BCUT2D eigenvalue weighted by atomic mass is 9.85. The summed E-state index contributed by atoms with van der Waals surface area (Å²) in [7, 11) is 0. The van der Waals surface area contributed by atoms with Crippen molar-refractivity contribution in [2.75, 3.05) is 6.54 Å². The Balaban J connectivity index is 1.89. The molecule has 4 nitrogen and oxygen atoms in total. The summed E-state index contributed by atoms with van der Waals surface area (Å²) in [5.74, 6) is -0.262. The molecule has 2 saturated heterocycles. The molecule has 4 unspecified atom stereocenters. The Hall–Kier alpha value is -1.16. The van der Waals surface area contributed by atoms with E-state index in [0.29, 0.717) is 12.5 Å². The number of hydrogen-bond acceptors (Lipinski definition) is 3. The van der Waals surface area contributed by atoms with E-state index >= 15 is 0 Å². The summed E-state index contributed by atoms with van der Waals surface area (Å²) in [4.78, 5) is 25.7.